The van der Waals surface area contributed by atoms with Gasteiger partial charge in [0.2, 0.25) is 0 Å². The topological polar surface area (TPSA) is 94.5 Å². The quantitative estimate of drug-likeness (QED) is 0.444. The molecule has 0 aliphatic heterocycles. The summed E-state index contributed by atoms with van der Waals surface area (Å²) in [5.74, 6) is -1.86. The van der Waals surface area contributed by atoms with Crippen LogP contribution in [0.2, 0.25) is 0 Å². The first-order valence-corrected chi connectivity index (χ1v) is 4.78. The van der Waals surface area contributed by atoms with Crippen LogP contribution in [0, 0.1) is 0 Å². The maximum absolute atomic E-state index is 10.1. The van der Waals surface area contributed by atoms with Crippen LogP contribution in [0.5, 0.6) is 0 Å². The molecule has 0 aromatic heterocycles. The van der Waals surface area contributed by atoms with Crippen molar-refractivity contribution in [1.82, 2.24) is 0 Å². The molecule has 6 heteroatoms. The third-order valence-corrected chi connectivity index (χ3v) is 1.97. The van der Waals surface area contributed by atoms with Gasteiger partial charge < -0.3 is 9.90 Å². The lowest BCUT2D eigenvalue weighted by Gasteiger charge is -2.04. The molecule has 12 heavy (non-hydrogen) atoms. The highest BCUT2D eigenvalue weighted by atomic mass is 32.2. The SMILES string of the molecule is C=C(CCCS(=O)(=O)O)C(=O)[O-]. The van der Waals surface area contributed by atoms with E-state index in [4.69, 9.17) is 4.55 Å². The third-order valence-electron chi connectivity index (χ3n) is 1.17. The van der Waals surface area contributed by atoms with E-state index in [0.29, 0.717) is 0 Å². The monoisotopic (exact) mass is 193 g/mol. The number of hydrogen-bond donors (Lipinski definition) is 1. The highest BCUT2D eigenvalue weighted by Gasteiger charge is 2.04. The van der Waals surface area contributed by atoms with Gasteiger partial charge >= 0.3 is 0 Å². The number of hydrogen-bond acceptors (Lipinski definition) is 4. The van der Waals surface area contributed by atoms with Gasteiger partial charge in [0.25, 0.3) is 10.1 Å². The van der Waals surface area contributed by atoms with Crippen LogP contribution in [0.25, 0.3) is 0 Å². The van der Waals surface area contributed by atoms with E-state index < -0.39 is 21.8 Å². The summed E-state index contributed by atoms with van der Waals surface area (Å²) < 4.78 is 28.5. The average molecular weight is 193 g/mol. The number of carboxylic acid groups (broad SMARTS) is 1. The number of rotatable bonds is 5. The minimum atomic E-state index is -4.00. The molecular weight excluding hydrogens is 184 g/mol. The number of carbonyl (C=O) groups excluding carboxylic acids is 1. The maximum Gasteiger partial charge on any atom is 0.264 e. The predicted molar refractivity (Wildman–Crippen MR) is 39.8 cm³/mol. The van der Waals surface area contributed by atoms with Gasteiger partial charge in [0.05, 0.1) is 11.7 Å². The molecule has 0 heterocycles. The van der Waals surface area contributed by atoms with Crippen LogP contribution in [-0.4, -0.2) is 24.7 Å². The second-order valence-electron chi connectivity index (χ2n) is 2.28. The van der Waals surface area contributed by atoms with Crippen molar-refractivity contribution in [3.8, 4) is 0 Å². The Labute approximate surface area is 70.5 Å². The molecule has 0 rings (SSSR count). The van der Waals surface area contributed by atoms with Crippen LogP contribution >= 0.6 is 0 Å². The molecular formula is C6H9O5S-. The van der Waals surface area contributed by atoms with Crippen molar-refractivity contribution in [2.45, 2.75) is 12.8 Å². The molecule has 0 saturated carbocycles. The Morgan fingerprint density at radius 3 is 2.33 bits per heavy atom. The largest absolute Gasteiger partial charge is 0.545 e. The van der Waals surface area contributed by atoms with Gasteiger partial charge in [-0.2, -0.15) is 8.42 Å². The molecule has 0 unspecified atom stereocenters. The van der Waals surface area contributed by atoms with Crippen molar-refractivity contribution < 1.29 is 22.9 Å². The first-order valence-electron chi connectivity index (χ1n) is 3.17. The van der Waals surface area contributed by atoms with Crippen molar-refractivity contribution in [2.75, 3.05) is 5.75 Å². The molecule has 0 aliphatic carbocycles. The lowest BCUT2D eigenvalue weighted by molar-refractivity contribution is -0.299. The van der Waals surface area contributed by atoms with Gasteiger partial charge in [-0.1, -0.05) is 6.58 Å². The molecule has 0 aliphatic rings. The lowest BCUT2D eigenvalue weighted by atomic mass is 10.2. The van der Waals surface area contributed by atoms with E-state index in [0.717, 1.165) is 0 Å². The summed E-state index contributed by atoms with van der Waals surface area (Å²) >= 11 is 0. The zero-order valence-electron chi connectivity index (χ0n) is 6.32. The molecule has 0 atom stereocenters. The van der Waals surface area contributed by atoms with Crippen molar-refractivity contribution in [3.05, 3.63) is 12.2 Å². The molecule has 0 aromatic rings. The standard InChI is InChI=1S/C6H10O5S/c1-5(6(7)8)3-2-4-12(9,10)11/h1-4H2,(H,7,8)(H,9,10,11)/p-1. The summed E-state index contributed by atoms with van der Waals surface area (Å²) in [6.07, 6.45) is 0.0355. The van der Waals surface area contributed by atoms with Gasteiger partial charge in [-0.25, -0.2) is 0 Å². The van der Waals surface area contributed by atoms with Crippen LogP contribution in [-0.2, 0) is 14.9 Å². The van der Waals surface area contributed by atoms with Crippen molar-refractivity contribution in [3.63, 3.8) is 0 Å². The van der Waals surface area contributed by atoms with Crippen molar-refractivity contribution in [2.24, 2.45) is 0 Å². The second kappa shape index (κ2) is 4.22. The fraction of sp³-hybridized carbons (Fsp3) is 0.500. The molecule has 70 valence electrons. The summed E-state index contributed by atoms with van der Waals surface area (Å²) in [6.45, 7) is 3.14. The molecule has 0 aromatic carbocycles. The Hall–Kier alpha value is -0.880. The van der Waals surface area contributed by atoms with Gasteiger partial charge in [-0.3, -0.25) is 4.55 Å². The van der Waals surface area contributed by atoms with Gasteiger partial charge in [0, 0.05) is 0 Å². The molecule has 0 fully saturated rings. The van der Waals surface area contributed by atoms with Gasteiger partial charge in [0.1, 0.15) is 0 Å². The van der Waals surface area contributed by atoms with Gasteiger partial charge in [-0.05, 0) is 18.4 Å². The maximum atomic E-state index is 10.1. The minimum absolute atomic E-state index is 0.00211. The zero-order valence-corrected chi connectivity index (χ0v) is 7.13. The molecule has 0 saturated heterocycles. The number of aliphatic carboxylic acids is 1. The van der Waals surface area contributed by atoms with Crippen LogP contribution in [0.15, 0.2) is 12.2 Å². The fourth-order valence-electron chi connectivity index (χ4n) is 0.570. The Balaban J connectivity index is 3.73. The van der Waals surface area contributed by atoms with E-state index in [1.807, 2.05) is 0 Å². The van der Waals surface area contributed by atoms with Crippen LogP contribution in [0.1, 0.15) is 12.8 Å². The number of carboxylic acids is 1. The summed E-state index contributed by atoms with van der Waals surface area (Å²) in [7, 11) is -4.00. The number of carbonyl (C=O) groups is 1. The van der Waals surface area contributed by atoms with E-state index in [-0.39, 0.29) is 18.4 Å². The zero-order chi connectivity index (χ0) is 9.78. The molecule has 5 nitrogen and oxygen atoms in total. The Bertz CT molecular complexity index is 276. The van der Waals surface area contributed by atoms with Crippen molar-refractivity contribution in [1.29, 1.82) is 0 Å². The lowest BCUT2D eigenvalue weighted by Crippen LogP contribution is -2.24. The van der Waals surface area contributed by atoms with Gasteiger partial charge in [-0.15, -0.1) is 0 Å². The average Bonchev–Trinajstić information content (AvgIpc) is 1.84. The first-order chi connectivity index (χ1) is 5.33. The van der Waals surface area contributed by atoms with Gasteiger partial charge in [0.15, 0.2) is 0 Å². The molecule has 0 bridgehead atoms. The Morgan fingerprint density at radius 2 is 2.00 bits per heavy atom. The van der Waals surface area contributed by atoms with E-state index in [9.17, 15) is 18.3 Å². The minimum Gasteiger partial charge on any atom is -0.545 e. The highest BCUT2D eigenvalue weighted by Crippen LogP contribution is 2.02. The Kier molecular flexibility index (Phi) is 3.91. The smallest absolute Gasteiger partial charge is 0.264 e. The van der Waals surface area contributed by atoms with E-state index in [2.05, 4.69) is 6.58 Å². The summed E-state index contributed by atoms with van der Waals surface area (Å²) in [5.41, 5.74) is -0.168. The first kappa shape index (κ1) is 11.1. The second-order valence-corrected chi connectivity index (χ2v) is 3.85. The summed E-state index contributed by atoms with van der Waals surface area (Å²) in [5, 5.41) is 10.0. The molecule has 0 spiro atoms. The predicted octanol–water partition coefficient (Wildman–Crippen LogP) is -1.04. The van der Waals surface area contributed by atoms with Crippen molar-refractivity contribution >= 4 is 16.1 Å². The molecule has 1 N–H and O–H groups in total. The normalized spacial score (nSPS) is 11.1. The van der Waals surface area contributed by atoms with E-state index >= 15 is 0 Å². The summed E-state index contributed by atoms with van der Waals surface area (Å²) in [4.78, 5) is 10.0. The highest BCUT2D eigenvalue weighted by molar-refractivity contribution is 7.85. The van der Waals surface area contributed by atoms with Crippen LogP contribution in [0.4, 0.5) is 0 Å². The van der Waals surface area contributed by atoms with Crippen LogP contribution in [0.3, 0.4) is 0 Å². The molecule has 0 radical (unpaired) electrons. The van der Waals surface area contributed by atoms with Crippen LogP contribution < -0.4 is 5.11 Å². The summed E-state index contributed by atoms with van der Waals surface area (Å²) in [6, 6.07) is 0. The third kappa shape index (κ3) is 5.87. The Morgan fingerprint density at radius 1 is 1.50 bits per heavy atom. The molecule has 0 amide bonds. The van der Waals surface area contributed by atoms with E-state index in [1.165, 1.54) is 0 Å². The fourth-order valence-corrected chi connectivity index (χ4v) is 1.08. The van der Waals surface area contributed by atoms with E-state index in [1.54, 1.807) is 0 Å².